The summed E-state index contributed by atoms with van der Waals surface area (Å²) >= 11 is 0. The fraction of sp³-hybridized carbons (Fsp3) is 0.368. The van der Waals surface area contributed by atoms with Gasteiger partial charge in [-0.25, -0.2) is 4.68 Å². The number of allylic oxidation sites excluding steroid dienone is 3. The predicted octanol–water partition coefficient (Wildman–Crippen LogP) is 6.69. The molecule has 1 aliphatic rings. The van der Waals surface area contributed by atoms with Gasteiger partial charge >= 0.3 is 6.18 Å². The number of aryl methyl sites for hydroxylation is 1. The molecule has 3 N–H and O–H groups in total. The fourth-order valence-corrected chi connectivity index (χ4v) is 11.3. The quantitative estimate of drug-likeness (QED) is 0.128. The van der Waals surface area contributed by atoms with E-state index in [9.17, 15) is 23.1 Å². The lowest BCUT2D eigenvalue weighted by atomic mass is 9.97. The number of rotatable bonds is 12. The Labute approximate surface area is 287 Å². The highest BCUT2D eigenvalue weighted by atomic mass is 28.4. The predicted molar refractivity (Wildman–Crippen MR) is 191 cm³/mol. The summed E-state index contributed by atoms with van der Waals surface area (Å²) in [6.45, 7) is 10.7. The molecule has 1 aliphatic heterocycles. The first-order valence-electron chi connectivity index (χ1n) is 16.6. The molecule has 5 rings (SSSR count). The van der Waals surface area contributed by atoms with Crippen LogP contribution in [0.3, 0.4) is 0 Å². The minimum Gasteiger partial charge on any atom is -0.407 e. The van der Waals surface area contributed by atoms with Crippen LogP contribution in [0.25, 0.3) is 10.9 Å². The van der Waals surface area contributed by atoms with Gasteiger partial charge in [0.2, 0.25) is 5.91 Å². The standard InChI is InChI=1S/C38H45F3N4O3Si/c1-36(2,3)49(28-16-9-6-10-17-28,29-18-11-7-12-19-29)48-25-14-8-13-24-44-35(30-23-22-27(37(4,5)47)26-31(30)43-44)45-32(34(42)46)20-15-21-33(45)38(39,40)41/h6-7,9-12,15-23,26,32,47H,8,13-14,24-25H2,1-5H3,(H2,42,46). The van der Waals surface area contributed by atoms with Gasteiger partial charge in [-0.1, -0.05) is 99.7 Å². The number of hydrogen-bond donors (Lipinski definition) is 2. The molecular weight excluding hydrogens is 646 g/mol. The maximum atomic E-state index is 14.4. The summed E-state index contributed by atoms with van der Waals surface area (Å²) in [4.78, 5) is 13.5. The van der Waals surface area contributed by atoms with Crippen molar-refractivity contribution < 1.29 is 27.5 Å². The van der Waals surface area contributed by atoms with Crippen molar-refractivity contribution in [1.29, 1.82) is 0 Å². The van der Waals surface area contributed by atoms with Gasteiger partial charge in [-0.15, -0.1) is 0 Å². The number of carbonyl (C=O) groups is 1. The van der Waals surface area contributed by atoms with Crippen LogP contribution in [0.1, 0.15) is 59.4 Å². The third kappa shape index (κ3) is 7.39. The van der Waals surface area contributed by atoms with Crippen LogP contribution in [0, 0.1) is 0 Å². The highest BCUT2D eigenvalue weighted by molar-refractivity contribution is 6.99. The van der Waals surface area contributed by atoms with Crippen molar-refractivity contribution in [2.75, 3.05) is 11.5 Å². The molecule has 4 aromatic rings. The van der Waals surface area contributed by atoms with E-state index in [2.05, 4.69) is 45.0 Å². The van der Waals surface area contributed by atoms with Crippen LogP contribution in [0.2, 0.25) is 5.04 Å². The first kappa shape index (κ1) is 36.1. The Kier molecular flexibility index (Phi) is 10.3. The second-order valence-corrected chi connectivity index (χ2v) is 18.4. The van der Waals surface area contributed by atoms with Crippen molar-refractivity contribution in [2.24, 2.45) is 5.73 Å². The minimum atomic E-state index is -4.76. The van der Waals surface area contributed by atoms with Crippen LogP contribution >= 0.6 is 0 Å². The number of aromatic nitrogens is 2. The molecule has 0 bridgehead atoms. The molecular formula is C38H45F3N4O3Si. The van der Waals surface area contributed by atoms with Crippen molar-refractivity contribution in [3.05, 3.63) is 108 Å². The second-order valence-electron chi connectivity index (χ2n) is 14.1. The van der Waals surface area contributed by atoms with Gasteiger partial charge in [-0.05, 0) is 72.3 Å². The number of nitrogens with two attached hydrogens (primary N) is 1. The Morgan fingerprint density at radius 2 is 1.53 bits per heavy atom. The summed E-state index contributed by atoms with van der Waals surface area (Å²) in [5.74, 6) is -0.793. The molecule has 0 saturated carbocycles. The van der Waals surface area contributed by atoms with E-state index in [1.54, 1.807) is 32.0 Å². The maximum Gasteiger partial charge on any atom is 0.431 e. The highest BCUT2D eigenvalue weighted by Crippen LogP contribution is 2.41. The van der Waals surface area contributed by atoms with Gasteiger partial charge < -0.3 is 20.2 Å². The molecule has 3 aromatic carbocycles. The molecule has 1 unspecified atom stereocenters. The van der Waals surface area contributed by atoms with E-state index in [1.165, 1.54) is 27.2 Å². The van der Waals surface area contributed by atoms with Gasteiger partial charge in [0.25, 0.3) is 8.32 Å². The number of primary amides is 1. The lowest BCUT2D eigenvalue weighted by Crippen LogP contribution is -2.66. The Morgan fingerprint density at radius 1 is 0.918 bits per heavy atom. The number of halogens is 3. The van der Waals surface area contributed by atoms with E-state index >= 15 is 0 Å². The summed E-state index contributed by atoms with van der Waals surface area (Å²) in [6.07, 6.45) is 0.794. The zero-order valence-corrected chi connectivity index (χ0v) is 29.7. The average molecular weight is 691 g/mol. The van der Waals surface area contributed by atoms with E-state index in [4.69, 9.17) is 15.3 Å². The van der Waals surface area contributed by atoms with Crippen LogP contribution in [-0.4, -0.2) is 47.9 Å². The van der Waals surface area contributed by atoms with E-state index in [1.807, 2.05) is 36.4 Å². The van der Waals surface area contributed by atoms with E-state index in [0.29, 0.717) is 29.5 Å². The summed E-state index contributed by atoms with van der Waals surface area (Å²) in [7, 11) is -2.70. The number of hydrogen-bond acceptors (Lipinski definition) is 5. The van der Waals surface area contributed by atoms with Crippen molar-refractivity contribution in [3.63, 3.8) is 0 Å². The Balaban J connectivity index is 1.42. The summed E-state index contributed by atoms with van der Waals surface area (Å²) < 4.78 is 51.8. The van der Waals surface area contributed by atoms with Crippen LogP contribution in [0.15, 0.2) is 103 Å². The third-order valence-corrected chi connectivity index (χ3v) is 14.1. The fourth-order valence-electron chi connectivity index (χ4n) is 6.70. The third-order valence-electron chi connectivity index (χ3n) is 9.06. The topological polar surface area (TPSA) is 93.6 Å². The summed E-state index contributed by atoms with van der Waals surface area (Å²) in [5.41, 5.74) is 4.42. The normalized spacial score (nSPS) is 15.9. The van der Waals surface area contributed by atoms with Crippen molar-refractivity contribution >= 4 is 41.3 Å². The van der Waals surface area contributed by atoms with Crippen molar-refractivity contribution in [3.8, 4) is 0 Å². The lowest BCUT2D eigenvalue weighted by Gasteiger charge is -2.43. The number of carbonyl (C=O) groups excluding carboxylic acids is 1. The number of unbranched alkanes of at least 4 members (excludes halogenated alkanes) is 2. The SMILES string of the molecule is CC(C)(O)c1ccc2c(N3C(C(F)(F)F)=CC=CC3C(N)=O)n(CCCCCO[Si](c3ccccc3)(c3ccccc3)C(C)(C)C)nc2c1. The molecule has 7 nitrogen and oxygen atoms in total. The van der Waals surface area contributed by atoms with Gasteiger partial charge in [-0.3, -0.25) is 4.79 Å². The molecule has 1 aromatic heterocycles. The molecule has 0 saturated heterocycles. The van der Waals surface area contributed by atoms with E-state index < -0.39 is 37.7 Å². The zero-order valence-electron chi connectivity index (χ0n) is 28.7. The summed E-state index contributed by atoms with van der Waals surface area (Å²) in [6, 6.07) is 24.4. The molecule has 0 spiro atoms. The molecule has 49 heavy (non-hydrogen) atoms. The number of amides is 1. The largest absolute Gasteiger partial charge is 0.431 e. The maximum absolute atomic E-state index is 14.4. The molecule has 2 heterocycles. The smallest absolute Gasteiger partial charge is 0.407 e. The molecule has 0 radical (unpaired) electrons. The Hall–Kier alpha value is -4.19. The lowest BCUT2D eigenvalue weighted by molar-refractivity contribution is -0.119. The number of fused-ring (bicyclic) bond motifs is 1. The molecule has 11 heteroatoms. The molecule has 0 aliphatic carbocycles. The minimum absolute atomic E-state index is 0.123. The van der Waals surface area contributed by atoms with E-state index in [0.717, 1.165) is 23.8 Å². The monoisotopic (exact) mass is 690 g/mol. The number of aliphatic hydroxyl groups is 1. The number of nitrogens with zero attached hydrogens (tertiary/aromatic N) is 3. The summed E-state index contributed by atoms with van der Waals surface area (Å²) in [5, 5.41) is 18.0. The highest BCUT2D eigenvalue weighted by Gasteiger charge is 2.50. The van der Waals surface area contributed by atoms with Crippen molar-refractivity contribution in [1.82, 2.24) is 9.78 Å². The van der Waals surface area contributed by atoms with Gasteiger partial charge in [0.15, 0.2) is 0 Å². The van der Waals surface area contributed by atoms with Gasteiger partial charge in [-0.2, -0.15) is 18.3 Å². The second kappa shape index (κ2) is 14.0. The van der Waals surface area contributed by atoms with Gasteiger partial charge in [0.1, 0.15) is 17.6 Å². The molecule has 1 amide bonds. The van der Waals surface area contributed by atoms with Crippen molar-refractivity contribution in [2.45, 2.75) is 83.3 Å². The van der Waals surface area contributed by atoms with E-state index in [-0.39, 0.29) is 17.4 Å². The van der Waals surface area contributed by atoms with Crippen LogP contribution < -0.4 is 21.0 Å². The number of benzene rings is 3. The number of anilines is 1. The van der Waals surface area contributed by atoms with Crippen LogP contribution in [0.4, 0.5) is 19.0 Å². The molecule has 260 valence electrons. The Morgan fingerprint density at radius 3 is 2.06 bits per heavy atom. The molecule has 1 atom stereocenters. The molecule has 0 fully saturated rings. The van der Waals surface area contributed by atoms with Crippen LogP contribution in [-0.2, 0) is 21.4 Å². The van der Waals surface area contributed by atoms with Crippen LogP contribution in [0.5, 0.6) is 0 Å². The van der Waals surface area contributed by atoms with Gasteiger partial charge in [0.05, 0.1) is 11.1 Å². The first-order chi connectivity index (χ1) is 23.1. The number of alkyl halides is 3. The van der Waals surface area contributed by atoms with Gasteiger partial charge in [0, 0.05) is 18.5 Å². The zero-order chi connectivity index (χ0) is 35.6. The Bertz CT molecular complexity index is 1780. The first-order valence-corrected chi connectivity index (χ1v) is 18.5. The average Bonchev–Trinajstić information content (AvgIpc) is 3.40.